The largest absolute Gasteiger partial charge is 0.331 e. The molecule has 2 aliphatic carbocycles. The van der Waals surface area contributed by atoms with Crippen LogP contribution in [0.15, 0.2) is 27.8 Å². The molecule has 1 aromatic heterocycles. The minimum absolute atomic E-state index is 0.172. The van der Waals surface area contributed by atoms with E-state index in [1.165, 1.54) is 4.57 Å². The number of nitrogens with one attached hydrogen (secondary N) is 1. The summed E-state index contributed by atoms with van der Waals surface area (Å²) in [6.07, 6.45) is 7.02. The summed E-state index contributed by atoms with van der Waals surface area (Å²) in [7, 11) is 0. The second-order valence-corrected chi connectivity index (χ2v) is 9.05. The molecule has 3 fully saturated rings. The highest BCUT2D eigenvalue weighted by Gasteiger charge is 2.43. The van der Waals surface area contributed by atoms with Gasteiger partial charge in [-0.15, -0.1) is 0 Å². The van der Waals surface area contributed by atoms with Gasteiger partial charge < -0.3 is 4.90 Å². The summed E-state index contributed by atoms with van der Waals surface area (Å²) in [5, 5.41) is 9.93. The van der Waals surface area contributed by atoms with Gasteiger partial charge in [0.15, 0.2) is 6.19 Å². The van der Waals surface area contributed by atoms with E-state index in [1.54, 1.807) is 9.47 Å². The monoisotopic (exact) mass is 411 g/mol. The predicted molar refractivity (Wildman–Crippen MR) is 114 cm³/mol. The normalized spacial score (nSPS) is 25.3. The summed E-state index contributed by atoms with van der Waals surface area (Å²) >= 11 is 4.28. The number of hydrogen-bond donors (Lipinski definition) is 2. The molecular weight excluding hydrogens is 386 g/mol. The van der Waals surface area contributed by atoms with Crippen LogP contribution in [0.4, 0.5) is 0 Å². The summed E-state index contributed by atoms with van der Waals surface area (Å²) in [4.78, 5) is 28.6. The minimum Gasteiger partial charge on any atom is -0.306 e. The fourth-order valence-electron chi connectivity index (χ4n) is 4.72. The smallest absolute Gasteiger partial charge is 0.306 e. The van der Waals surface area contributed by atoms with Crippen molar-refractivity contribution >= 4 is 23.7 Å². The average molecular weight is 412 g/mol. The van der Waals surface area contributed by atoms with Gasteiger partial charge in [-0.1, -0.05) is 18.9 Å². The Bertz CT molecular complexity index is 1140. The molecule has 2 saturated carbocycles. The van der Waals surface area contributed by atoms with E-state index >= 15 is 0 Å². The van der Waals surface area contributed by atoms with E-state index in [2.05, 4.69) is 23.7 Å². The van der Waals surface area contributed by atoms with Gasteiger partial charge in [0.1, 0.15) is 0 Å². The van der Waals surface area contributed by atoms with Gasteiger partial charge in [0.2, 0.25) is 0 Å². The van der Waals surface area contributed by atoms with Crippen molar-refractivity contribution in [1.29, 1.82) is 5.26 Å². The lowest BCUT2D eigenvalue weighted by molar-refractivity contribution is 0.322. The molecule has 0 amide bonds. The van der Waals surface area contributed by atoms with Crippen LogP contribution in [0.25, 0.3) is 10.9 Å². The molecule has 2 heterocycles. The zero-order chi connectivity index (χ0) is 20.3. The summed E-state index contributed by atoms with van der Waals surface area (Å²) in [6, 6.07) is 5.42. The second kappa shape index (κ2) is 6.64. The van der Waals surface area contributed by atoms with Crippen LogP contribution < -0.4 is 16.0 Å². The number of nitriles is 1. The van der Waals surface area contributed by atoms with Crippen LogP contribution in [-0.2, 0) is 12.1 Å². The van der Waals surface area contributed by atoms with Crippen LogP contribution in [0, 0.1) is 17.4 Å². The third-order valence-electron chi connectivity index (χ3n) is 7.00. The Morgan fingerprint density at radius 3 is 2.62 bits per heavy atom. The molecule has 1 saturated heterocycles. The van der Waals surface area contributed by atoms with Crippen molar-refractivity contribution in [2.24, 2.45) is 5.92 Å². The Morgan fingerprint density at radius 1 is 1.28 bits per heavy atom. The molecule has 0 spiro atoms. The van der Waals surface area contributed by atoms with Gasteiger partial charge in [-0.2, -0.15) is 5.26 Å². The molecular formula is C21H25N5O2S. The van der Waals surface area contributed by atoms with Gasteiger partial charge in [0, 0.05) is 13.1 Å². The number of likely N-dealkylation sites (tertiary alicyclic amines) is 1. The van der Waals surface area contributed by atoms with E-state index in [0.717, 1.165) is 31.2 Å². The highest BCUT2D eigenvalue weighted by atomic mass is 32.1. The molecule has 0 bridgehead atoms. The summed E-state index contributed by atoms with van der Waals surface area (Å²) in [5.41, 5.74) is 1.09. The van der Waals surface area contributed by atoms with Crippen molar-refractivity contribution in [2.45, 2.75) is 63.2 Å². The van der Waals surface area contributed by atoms with E-state index in [4.69, 9.17) is 0 Å². The van der Waals surface area contributed by atoms with Crippen LogP contribution in [0.2, 0.25) is 0 Å². The zero-order valence-electron chi connectivity index (χ0n) is 16.5. The lowest BCUT2D eigenvalue weighted by atomic mass is 10.0. The second-order valence-electron chi connectivity index (χ2n) is 8.83. The summed E-state index contributed by atoms with van der Waals surface area (Å²) < 4.78 is 6.29. The van der Waals surface area contributed by atoms with Crippen molar-refractivity contribution in [1.82, 2.24) is 18.8 Å². The first-order chi connectivity index (χ1) is 14.0. The fraction of sp³-hybridized carbons (Fsp3) is 0.571. The molecule has 7 nitrogen and oxygen atoms in total. The van der Waals surface area contributed by atoms with Crippen molar-refractivity contribution in [3.63, 3.8) is 0 Å². The number of aromatic nitrogens is 2. The molecule has 2 atom stereocenters. The highest BCUT2D eigenvalue weighted by molar-refractivity contribution is 7.78. The lowest BCUT2D eigenvalue weighted by Gasteiger charge is -2.23. The maximum Gasteiger partial charge on any atom is 0.331 e. The van der Waals surface area contributed by atoms with E-state index in [1.807, 2.05) is 25.1 Å². The molecule has 1 aromatic carbocycles. The van der Waals surface area contributed by atoms with Gasteiger partial charge in [-0.3, -0.25) is 18.7 Å². The third-order valence-corrected chi connectivity index (χ3v) is 7.43. The van der Waals surface area contributed by atoms with Crippen molar-refractivity contribution < 1.29 is 0 Å². The van der Waals surface area contributed by atoms with E-state index < -0.39 is 0 Å². The van der Waals surface area contributed by atoms with E-state index in [0.29, 0.717) is 36.3 Å². The summed E-state index contributed by atoms with van der Waals surface area (Å²) in [5.74, 6) is 0.506. The number of nitrogens with zero attached hydrogens (tertiary/aromatic N) is 4. The average Bonchev–Trinajstić information content (AvgIpc) is 3.65. The SMILES string of the molecule is CC1C(n2c(=O)c3cc(C4(NS)CC4)ccc3n(CC3CC3)c2=O)CCN1C#N. The van der Waals surface area contributed by atoms with Gasteiger partial charge in [0.05, 0.1) is 28.5 Å². The quantitative estimate of drug-likeness (QED) is 0.582. The minimum atomic E-state index is -0.286. The lowest BCUT2D eigenvalue weighted by Crippen LogP contribution is -2.45. The van der Waals surface area contributed by atoms with E-state index in [9.17, 15) is 14.9 Å². The molecule has 2 aromatic rings. The molecule has 2 unspecified atom stereocenters. The van der Waals surface area contributed by atoms with Crippen LogP contribution >= 0.6 is 12.8 Å². The number of benzene rings is 1. The van der Waals surface area contributed by atoms with Crippen LogP contribution in [0.3, 0.4) is 0 Å². The first-order valence-corrected chi connectivity index (χ1v) is 10.8. The van der Waals surface area contributed by atoms with Crippen LogP contribution in [-0.4, -0.2) is 26.6 Å². The van der Waals surface area contributed by atoms with E-state index in [-0.39, 0.29) is 28.9 Å². The van der Waals surface area contributed by atoms with Gasteiger partial charge in [-0.25, -0.2) is 4.79 Å². The fourth-order valence-corrected chi connectivity index (χ4v) is 5.07. The molecule has 152 valence electrons. The topological polar surface area (TPSA) is 83.1 Å². The van der Waals surface area contributed by atoms with Gasteiger partial charge in [0.25, 0.3) is 5.56 Å². The van der Waals surface area contributed by atoms with Gasteiger partial charge >= 0.3 is 5.69 Å². The Hall–Kier alpha value is -2.24. The number of hydrogen-bond acceptors (Lipinski definition) is 6. The van der Waals surface area contributed by atoms with Crippen LogP contribution in [0.5, 0.6) is 0 Å². The number of thiol groups is 1. The highest BCUT2D eigenvalue weighted by Crippen LogP contribution is 2.46. The first kappa shape index (κ1) is 18.8. The van der Waals surface area contributed by atoms with Crippen molar-refractivity contribution in [3.05, 3.63) is 44.6 Å². The maximum atomic E-state index is 13.5. The molecule has 29 heavy (non-hydrogen) atoms. The zero-order valence-corrected chi connectivity index (χ0v) is 17.4. The molecule has 8 heteroatoms. The summed E-state index contributed by atoms with van der Waals surface area (Å²) in [6.45, 7) is 3.14. The molecule has 1 aliphatic heterocycles. The van der Waals surface area contributed by atoms with Crippen molar-refractivity contribution in [2.75, 3.05) is 6.54 Å². The molecule has 1 N–H and O–H groups in total. The predicted octanol–water partition coefficient (Wildman–Crippen LogP) is 2.11. The number of rotatable bonds is 5. The molecule has 0 radical (unpaired) electrons. The van der Waals surface area contributed by atoms with Gasteiger partial charge in [-0.05, 0) is 62.6 Å². The maximum absolute atomic E-state index is 13.5. The van der Waals surface area contributed by atoms with Crippen molar-refractivity contribution in [3.8, 4) is 6.19 Å². The Kier molecular flexibility index (Phi) is 4.30. The number of fused-ring (bicyclic) bond motifs is 1. The Morgan fingerprint density at radius 2 is 2.03 bits per heavy atom. The molecule has 3 aliphatic rings. The molecule has 5 rings (SSSR count). The Balaban J connectivity index is 1.73. The standard InChI is InChI=1S/C21H25N5O2S/c1-13-17(6-9-24(13)12-22)26-19(27)16-10-15(21(23-29)7-8-21)4-5-18(16)25(20(26)28)11-14-2-3-14/h4-5,10,13-14,17,23,29H,2-3,6-9,11H2,1H3. The van der Waals surface area contributed by atoms with Crippen LogP contribution in [0.1, 0.15) is 50.6 Å². The Labute approximate surface area is 174 Å². The first-order valence-electron chi connectivity index (χ1n) is 10.4. The third kappa shape index (κ3) is 2.90.